The maximum atomic E-state index is 11.7. The molecule has 0 N–H and O–H groups in total. The first-order chi connectivity index (χ1) is 5.62. The summed E-state index contributed by atoms with van der Waals surface area (Å²) in [5.74, 6) is 1.35. The smallest absolute Gasteiger partial charge is 0.357 e. The molecular formula is C7H13O4P. The van der Waals surface area contributed by atoms with E-state index in [1.54, 1.807) is 0 Å². The summed E-state index contributed by atoms with van der Waals surface area (Å²) in [7, 11) is -3.02. The molecule has 1 heterocycles. The maximum Gasteiger partial charge on any atom is 0.357 e. The first-order valence-electron chi connectivity index (χ1n) is 3.84. The lowest BCUT2D eigenvalue weighted by atomic mass is 10.5. The minimum Gasteiger partial charge on any atom is -0.498 e. The van der Waals surface area contributed by atoms with Crippen molar-refractivity contribution in [2.24, 2.45) is 0 Å². The van der Waals surface area contributed by atoms with Crippen LogP contribution >= 0.6 is 7.60 Å². The maximum absolute atomic E-state index is 11.7. The van der Waals surface area contributed by atoms with Crippen molar-refractivity contribution < 1.29 is 18.3 Å². The van der Waals surface area contributed by atoms with Crippen LogP contribution in [0.5, 0.6) is 0 Å². The summed E-state index contributed by atoms with van der Waals surface area (Å²) in [6.07, 6.45) is 1.26. The molecule has 0 fully saturated rings. The van der Waals surface area contributed by atoms with E-state index < -0.39 is 7.60 Å². The molecule has 0 aromatic heterocycles. The molecule has 0 aromatic carbocycles. The second-order valence-electron chi connectivity index (χ2n) is 2.68. The lowest BCUT2D eigenvalue weighted by molar-refractivity contribution is 0.148. The van der Waals surface area contributed by atoms with Gasteiger partial charge in [0, 0.05) is 0 Å². The molecular weight excluding hydrogens is 179 g/mol. The molecule has 0 aliphatic carbocycles. The first-order valence-corrected chi connectivity index (χ1v) is 5.45. The van der Waals surface area contributed by atoms with E-state index in [1.807, 2.05) is 13.8 Å². The van der Waals surface area contributed by atoms with Crippen molar-refractivity contribution in [2.75, 3.05) is 13.2 Å². The zero-order valence-corrected chi connectivity index (χ0v) is 8.12. The van der Waals surface area contributed by atoms with E-state index in [1.165, 1.54) is 12.1 Å². The second-order valence-corrected chi connectivity index (χ2v) is 4.53. The SMILES string of the molecule is CC(C)OP1(=O)C=COCCO1. The summed E-state index contributed by atoms with van der Waals surface area (Å²) in [4.78, 5) is 0. The van der Waals surface area contributed by atoms with Gasteiger partial charge in [0.2, 0.25) is 0 Å². The quantitative estimate of drug-likeness (QED) is 0.628. The summed E-state index contributed by atoms with van der Waals surface area (Å²) >= 11 is 0. The second kappa shape index (κ2) is 4.08. The van der Waals surface area contributed by atoms with Crippen LogP contribution in [0.3, 0.4) is 0 Å². The highest BCUT2D eigenvalue weighted by atomic mass is 31.2. The first kappa shape index (κ1) is 9.78. The molecule has 1 rings (SSSR count). The number of hydrogen-bond acceptors (Lipinski definition) is 4. The Labute approximate surface area is 72.0 Å². The fourth-order valence-electron chi connectivity index (χ4n) is 0.801. The predicted molar refractivity (Wildman–Crippen MR) is 44.9 cm³/mol. The molecule has 1 atom stereocenters. The van der Waals surface area contributed by atoms with Gasteiger partial charge in [-0.2, -0.15) is 0 Å². The van der Waals surface area contributed by atoms with Gasteiger partial charge in [-0.1, -0.05) is 0 Å². The Morgan fingerprint density at radius 2 is 2.25 bits per heavy atom. The molecule has 0 saturated carbocycles. The Kier molecular flexibility index (Phi) is 3.32. The van der Waals surface area contributed by atoms with E-state index in [-0.39, 0.29) is 6.10 Å². The minimum absolute atomic E-state index is 0.112. The van der Waals surface area contributed by atoms with Gasteiger partial charge in [-0.25, -0.2) is 0 Å². The van der Waals surface area contributed by atoms with E-state index in [0.29, 0.717) is 13.2 Å². The Morgan fingerprint density at radius 1 is 1.50 bits per heavy atom. The van der Waals surface area contributed by atoms with Crippen molar-refractivity contribution in [1.29, 1.82) is 0 Å². The number of hydrogen-bond donors (Lipinski definition) is 0. The normalized spacial score (nSPS) is 29.9. The van der Waals surface area contributed by atoms with Crippen LogP contribution in [0.4, 0.5) is 0 Å². The van der Waals surface area contributed by atoms with Gasteiger partial charge in [-0.05, 0) is 13.8 Å². The van der Waals surface area contributed by atoms with Crippen LogP contribution in [0.15, 0.2) is 12.1 Å². The van der Waals surface area contributed by atoms with Crippen molar-refractivity contribution in [3.63, 3.8) is 0 Å². The zero-order valence-electron chi connectivity index (χ0n) is 7.23. The third kappa shape index (κ3) is 2.97. The molecule has 0 radical (unpaired) electrons. The zero-order chi connectivity index (χ0) is 9.03. The number of rotatable bonds is 2. The van der Waals surface area contributed by atoms with Crippen LogP contribution in [-0.4, -0.2) is 19.3 Å². The number of ether oxygens (including phenoxy) is 1. The van der Waals surface area contributed by atoms with Crippen LogP contribution < -0.4 is 0 Å². The molecule has 70 valence electrons. The summed E-state index contributed by atoms with van der Waals surface area (Å²) < 4.78 is 26.7. The topological polar surface area (TPSA) is 44.8 Å². The summed E-state index contributed by atoms with van der Waals surface area (Å²) in [6, 6.07) is 0. The van der Waals surface area contributed by atoms with E-state index in [9.17, 15) is 4.57 Å². The summed E-state index contributed by atoms with van der Waals surface area (Å²) in [5, 5.41) is 0. The summed E-state index contributed by atoms with van der Waals surface area (Å²) in [6.45, 7) is 4.34. The predicted octanol–water partition coefficient (Wildman–Crippen LogP) is 2.12. The molecule has 0 amide bonds. The van der Waals surface area contributed by atoms with E-state index in [4.69, 9.17) is 13.8 Å². The van der Waals surface area contributed by atoms with Gasteiger partial charge in [0.15, 0.2) is 0 Å². The van der Waals surface area contributed by atoms with Crippen molar-refractivity contribution >= 4 is 7.60 Å². The van der Waals surface area contributed by atoms with Gasteiger partial charge in [-0.15, -0.1) is 0 Å². The lowest BCUT2D eigenvalue weighted by Gasteiger charge is -2.14. The Bertz CT molecular complexity index is 211. The molecule has 0 aromatic rings. The van der Waals surface area contributed by atoms with Crippen LogP contribution in [0.1, 0.15) is 13.8 Å². The molecule has 1 aliphatic heterocycles. The molecule has 0 saturated heterocycles. The highest BCUT2D eigenvalue weighted by Crippen LogP contribution is 2.51. The molecule has 1 aliphatic rings. The van der Waals surface area contributed by atoms with Gasteiger partial charge < -0.3 is 13.8 Å². The molecule has 1 unspecified atom stereocenters. The average molecular weight is 192 g/mol. The van der Waals surface area contributed by atoms with Gasteiger partial charge in [-0.3, -0.25) is 4.57 Å². The fraction of sp³-hybridized carbons (Fsp3) is 0.714. The largest absolute Gasteiger partial charge is 0.498 e. The van der Waals surface area contributed by atoms with Crippen LogP contribution in [-0.2, 0) is 18.3 Å². The van der Waals surface area contributed by atoms with E-state index in [2.05, 4.69) is 0 Å². The van der Waals surface area contributed by atoms with Crippen LogP contribution in [0.25, 0.3) is 0 Å². The molecule has 0 bridgehead atoms. The van der Waals surface area contributed by atoms with Crippen molar-refractivity contribution in [3.05, 3.63) is 12.1 Å². The van der Waals surface area contributed by atoms with Crippen molar-refractivity contribution in [1.82, 2.24) is 0 Å². The van der Waals surface area contributed by atoms with Gasteiger partial charge in [0.1, 0.15) is 6.61 Å². The van der Waals surface area contributed by atoms with Crippen LogP contribution in [0, 0.1) is 0 Å². The lowest BCUT2D eigenvalue weighted by Crippen LogP contribution is -2.03. The summed E-state index contributed by atoms with van der Waals surface area (Å²) in [5.41, 5.74) is 0. The van der Waals surface area contributed by atoms with E-state index in [0.717, 1.165) is 0 Å². The third-order valence-electron chi connectivity index (χ3n) is 1.17. The monoisotopic (exact) mass is 192 g/mol. The van der Waals surface area contributed by atoms with E-state index >= 15 is 0 Å². The van der Waals surface area contributed by atoms with Crippen LogP contribution in [0.2, 0.25) is 0 Å². The highest BCUT2D eigenvalue weighted by Gasteiger charge is 2.24. The fourth-order valence-corrected chi connectivity index (χ4v) is 2.17. The van der Waals surface area contributed by atoms with Gasteiger partial charge >= 0.3 is 7.60 Å². The van der Waals surface area contributed by atoms with Crippen molar-refractivity contribution in [2.45, 2.75) is 20.0 Å². The van der Waals surface area contributed by atoms with Gasteiger partial charge in [0.25, 0.3) is 0 Å². The minimum atomic E-state index is -3.02. The third-order valence-corrected chi connectivity index (χ3v) is 2.91. The molecule has 5 heteroatoms. The standard InChI is InChI=1S/C7H13O4P/c1-7(2)11-12(8)6-5-9-3-4-10-12/h5-7H,3-4H2,1-2H3. The Hall–Kier alpha value is -0.310. The van der Waals surface area contributed by atoms with Crippen molar-refractivity contribution in [3.8, 4) is 0 Å². The van der Waals surface area contributed by atoms with Gasteiger partial charge in [0.05, 0.1) is 24.8 Å². The molecule has 0 spiro atoms. The Balaban J connectivity index is 2.61. The Morgan fingerprint density at radius 3 is 2.92 bits per heavy atom. The molecule has 12 heavy (non-hydrogen) atoms. The highest BCUT2D eigenvalue weighted by molar-refractivity contribution is 7.57. The average Bonchev–Trinajstić information content (AvgIpc) is 2.12. The molecule has 4 nitrogen and oxygen atoms in total.